The molecule has 242 valence electrons. The minimum atomic E-state index is -3.17. The van der Waals surface area contributed by atoms with Crippen LogP contribution in [-0.2, 0) is 17.1 Å². The second-order valence-corrected chi connectivity index (χ2v) is 53.4. The Morgan fingerprint density at radius 2 is 0.617 bits per heavy atom. The molecule has 0 aliphatic rings. The zero-order valence-corrected chi connectivity index (χ0v) is 38.0. The molecular weight excluding hydrogens is 901 g/mol. The van der Waals surface area contributed by atoms with E-state index in [1.54, 1.807) is 0 Å². The van der Waals surface area contributed by atoms with E-state index in [0.29, 0.717) is 0 Å². The molecule has 0 amide bonds. The van der Waals surface area contributed by atoms with Gasteiger partial charge in [0.15, 0.2) is 0 Å². The van der Waals surface area contributed by atoms with Gasteiger partial charge in [-0.3, -0.25) is 0 Å². The van der Waals surface area contributed by atoms with Gasteiger partial charge >= 0.3 is 314 Å². The van der Waals surface area contributed by atoms with Crippen molar-refractivity contribution < 1.29 is 17.1 Å². The van der Waals surface area contributed by atoms with Crippen molar-refractivity contribution in [1.29, 1.82) is 0 Å². The summed E-state index contributed by atoms with van der Waals surface area (Å²) in [6.07, 6.45) is 0. The van der Waals surface area contributed by atoms with Gasteiger partial charge in [-0.1, -0.05) is 0 Å². The van der Waals surface area contributed by atoms with Gasteiger partial charge in [-0.15, -0.1) is 0 Å². The number of hydrogen-bond donors (Lipinski definition) is 0. The first-order chi connectivity index (χ1) is 22.0. The van der Waals surface area contributed by atoms with Crippen molar-refractivity contribution in [2.75, 3.05) is 0 Å². The molecule has 0 aliphatic carbocycles. The molecule has 6 aromatic carbocycles. The van der Waals surface area contributed by atoms with E-state index in [9.17, 15) is 0 Å². The summed E-state index contributed by atoms with van der Waals surface area (Å²) in [7, 11) is 11.9. The molecule has 0 radical (unpaired) electrons. The van der Waals surface area contributed by atoms with Crippen LogP contribution in [0.4, 0.5) is 0 Å². The van der Waals surface area contributed by atoms with Gasteiger partial charge in [-0.25, -0.2) is 0 Å². The van der Waals surface area contributed by atoms with Crippen LogP contribution >= 0.6 is 17.8 Å². The maximum atomic E-state index is 7.54. The van der Waals surface area contributed by atoms with E-state index in [0.717, 1.165) is 0 Å². The molecule has 0 saturated heterocycles. The third kappa shape index (κ3) is 9.49. The normalized spacial score (nSPS) is 12.0. The Labute approximate surface area is 311 Å². The molecule has 0 nitrogen and oxygen atoms in total. The van der Waals surface area contributed by atoms with Crippen LogP contribution < -0.4 is 24.7 Å². The standard InChI is InChI=1S/2C8H12Si.4C6H5.2ClH.Fe.2Sn/c2*1-9(2,3)8-6-4-5-7-8;4*1-2-4-6-5-3-1;;;;;/h2*4-7H,1H2,2-3H3;4*1-5H;2*1H;;;/q2*-1;;;;;;;+2;2*+1/p-2. The van der Waals surface area contributed by atoms with Gasteiger partial charge in [-0.2, -0.15) is 0 Å². The second-order valence-electron chi connectivity index (χ2n) is 13.5. The van der Waals surface area contributed by atoms with Crippen molar-refractivity contribution in [1.82, 2.24) is 0 Å². The van der Waals surface area contributed by atoms with E-state index in [2.05, 4.69) is 196 Å². The zero-order valence-electron chi connectivity index (χ0n) is 27.7. The molecule has 0 fully saturated rings. The Bertz CT molecular complexity index is 1530. The summed E-state index contributed by atoms with van der Waals surface area (Å²) in [6, 6.07) is 61.0. The smallest absolute Gasteiger partial charge is 2.00 e. The number of hydrogen-bond acceptors (Lipinski definition) is 0. The summed E-state index contributed by atoms with van der Waals surface area (Å²) < 4.78 is 7.93. The van der Waals surface area contributed by atoms with Crippen LogP contribution in [0.5, 0.6) is 0 Å². The third-order valence-electron chi connectivity index (χ3n) is 9.18. The Kier molecular flexibility index (Phi) is 14.0. The Hall–Kier alpha value is -1.29. The topological polar surface area (TPSA) is 0 Å². The molecule has 0 spiro atoms. The first-order valence-electron chi connectivity index (χ1n) is 16.1. The quantitative estimate of drug-likeness (QED) is 0.0977. The summed E-state index contributed by atoms with van der Waals surface area (Å²) >= 11 is -6.34. The van der Waals surface area contributed by atoms with Crippen LogP contribution in [-0.4, -0.2) is 50.6 Å². The van der Waals surface area contributed by atoms with Crippen LogP contribution in [0.1, 0.15) is 0 Å². The fraction of sp³-hybridized carbons (Fsp3) is 0.150. The SMILES string of the molecule is C[Si](C)([CH2][Sn]([Cl])([c]1ccccc1)[c]1ccccc1)[c-]1cccc1.C[Si](C)([CH2][Sn]([Cl])([c]1ccccc1)[c]1ccccc1)[c-]1cccc1.[Fe+2]. The molecule has 47 heavy (non-hydrogen) atoms. The monoisotopic (exact) mass is 946 g/mol. The zero-order chi connectivity index (χ0) is 32.7. The maximum absolute atomic E-state index is 7.54. The number of benzene rings is 4. The predicted octanol–water partition coefficient (Wildman–Crippen LogP) is 7.72. The van der Waals surface area contributed by atoms with E-state index in [1.807, 2.05) is 0 Å². The van der Waals surface area contributed by atoms with Crippen molar-refractivity contribution in [3.63, 3.8) is 0 Å². The van der Waals surface area contributed by atoms with Crippen LogP contribution in [0.15, 0.2) is 170 Å². The van der Waals surface area contributed by atoms with Gasteiger partial charge in [0.25, 0.3) is 0 Å². The molecule has 0 atom stereocenters. The van der Waals surface area contributed by atoms with E-state index in [1.165, 1.54) is 32.8 Å². The largest absolute Gasteiger partial charge is 2.00 e. The number of halogens is 2. The molecule has 7 heteroatoms. The van der Waals surface area contributed by atoms with Crippen molar-refractivity contribution >= 4 is 93.2 Å². The molecule has 0 N–H and O–H groups in total. The van der Waals surface area contributed by atoms with Gasteiger partial charge in [0.05, 0.1) is 0 Å². The average Bonchev–Trinajstić information content (AvgIpc) is 3.83. The molecule has 6 rings (SSSR count). The van der Waals surface area contributed by atoms with Crippen molar-refractivity contribution in [2.45, 2.75) is 34.3 Å². The predicted molar refractivity (Wildman–Crippen MR) is 215 cm³/mol. The molecule has 6 aromatic rings. The van der Waals surface area contributed by atoms with Gasteiger partial charge in [-0.05, 0) is 0 Å². The summed E-state index contributed by atoms with van der Waals surface area (Å²) in [5.74, 6) is 0. The van der Waals surface area contributed by atoms with E-state index in [4.69, 9.17) is 17.8 Å². The summed E-state index contributed by atoms with van der Waals surface area (Å²) in [4.78, 5) is 0. The number of rotatable bonds is 10. The molecule has 0 aliphatic heterocycles. The Balaban J connectivity index is 0.000000208. The average molecular weight is 945 g/mol. The fourth-order valence-corrected chi connectivity index (χ4v) is 70.8. The van der Waals surface area contributed by atoms with Crippen LogP contribution in [0.2, 0.25) is 34.3 Å². The summed E-state index contributed by atoms with van der Waals surface area (Å²) in [6.45, 7) is 9.84. The first kappa shape index (κ1) is 38.5. The van der Waals surface area contributed by atoms with Crippen molar-refractivity contribution in [3.8, 4) is 0 Å². The Morgan fingerprint density at radius 1 is 0.404 bits per heavy atom. The summed E-state index contributed by atoms with van der Waals surface area (Å²) in [5.41, 5.74) is 0. The summed E-state index contributed by atoms with van der Waals surface area (Å²) in [5, 5.41) is 3.04. The molecule has 0 saturated carbocycles. The van der Waals surface area contributed by atoms with E-state index in [-0.39, 0.29) is 17.1 Å². The molecule has 0 bridgehead atoms. The van der Waals surface area contributed by atoms with Crippen LogP contribution in [0.25, 0.3) is 0 Å². The van der Waals surface area contributed by atoms with Gasteiger partial charge in [0.2, 0.25) is 0 Å². The molecular formula is C40H44Cl2FeSi2Sn2. The van der Waals surface area contributed by atoms with Gasteiger partial charge < -0.3 is 0 Å². The van der Waals surface area contributed by atoms with Crippen LogP contribution in [0, 0.1) is 0 Å². The molecule has 0 aromatic heterocycles. The van der Waals surface area contributed by atoms with Crippen molar-refractivity contribution in [2.24, 2.45) is 0 Å². The second kappa shape index (κ2) is 17.1. The molecule has 0 unspecified atom stereocenters. The van der Waals surface area contributed by atoms with Gasteiger partial charge in [0.1, 0.15) is 0 Å². The minimum absolute atomic E-state index is 0. The van der Waals surface area contributed by atoms with Crippen LogP contribution in [0.3, 0.4) is 0 Å². The molecule has 0 heterocycles. The Morgan fingerprint density at radius 3 is 0.830 bits per heavy atom. The third-order valence-corrected chi connectivity index (χ3v) is 64.7. The first-order valence-corrected chi connectivity index (χ1v) is 39.5. The fourth-order valence-electron chi connectivity index (χ4n) is 6.62. The van der Waals surface area contributed by atoms with Gasteiger partial charge in [0, 0.05) is 0 Å². The van der Waals surface area contributed by atoms with E-state index < -0.39 is 50.6 Å². The maximum Gasteiger partial charge on any atom is 2.00 e. The van der Waals surface area contributed by atoms with Crippen molar-refractivity contribution in [3.05, 3.63) is 170 Å². The van der Waals surface area contributed by atoms with E-state index >= 15 is 0 Å². The minimum Gasteiger partial charge on any atom is 2.00 e.